The molecule has 3 aromatic rings. The van der Waals surface area contributed by atoms with Crippen LogP contribution in [0.2, 0.25) is 0 Å². The molecule has 4 rings (SSSR count). The number of rotatable bonds is 6. The van der Waals surface area contributed by atoms with Crippen LogP contribution in [0.1, 0.15) is 12.8 Å². The van der Waals surface area contributed by atoms with E-state index in [-0.39, 0.29) is 12.6 Å². The van der Waals surface area contributed by atoms with Crippen molar-refractivity contribution in [3.8, 4) is 11.5 Å². The number of hydroxylamine groups is 1. The fraction of sp³-hybridized carbons (Fsp3) is 0.421. The minimum Gasteiger partial charge on any atom is -0.365 e. The van der Waals surface area contributed by atoms with Crippen LogP contribution in [0.4, 0.5) is 24.7 Å². The summed E-state index contributed by atoms with van der Waals surface area (Å²) in [5.41, 5.74) is 1.43. The van der Waals surface area contributed by atoms with Gasteiger partial charge in [0.15, 0.2) is 11.6 Å². The van der Waals surface area contributed by atoms with Crippen molar-refractivity contribution in [2.45, 2.75) is 25.3 Å². The Kier molecular flexibility index (Phi) is 5.73. The molecule has 0 radical (unpaired) electrons. The molecule has 160 valence electrons. The van der Waals surface area contributed by atoms with E-state index in [1.54, 1.807) is 21.6 Å². The summed E-state index contributed by atoms with van der Waals surface area (Å²) in [6.45, 7) is 0.882. The fourth-order valence-electron chi connectivity index (χ4n) is 3.61. The second kappa shape index (κ2) is 8.44. The number of alkyl halides is 2. The number of likely N-dealkylation sites (tertiary alicyclic amines) is 1. The Bertz CT molecular complexity index is 1020. The molecular weight excluding hydrogens is 399 g/mol. The van der Waals surface area contributed by atoms with E-state index in [0.29, 0.717) is 54.6 Å². The fourth-order valence-corrected chi connectivity index (χ4v) is 3.61. The highest BCUT2D eigenvalue weighted by molar-refractivity contribution is 5.67. The average molecular weight is 421 g/mol. The minimum absolute atomic E-state index is 0.0139. The van der Waals surface area contributed by atoms with Crippen LogP contribution in [0.3, 0.4) is 0 Å². The molecule has 0 aliphatic carbocycles. The topological polar surface area (TPSA) is 81.8 Å². The van der Waals surface area contributed by atoms with Gasteiger partial charge in [0.05, 0.1) is 18.9 Å². The number of nitrogens with one attached hydrogen (secondary N) is 1. The molecule has 0 aromatic carbocycles. The summed E-state index contributed by atoms with van der Waals surface area (Å²) in [6, 6.07) is 2.89. The van der Waals surface area contributed by atoms with Gasteiger partial charge in [-0.2, -0.15) is 0 Å². The van der Waals surface area contributed by atoms with Crippen LogP contribution in [0.5, 0.6) is 0 Å². The summed E-state index contributed by atoms with van der Waals surface area (Å²) < 4.78 is 40.4. The van der Waals surface area contributed by atoms with E-state index in [9.17, 15) is 18.4 Å². The summed E-state index contributed by atoms with van der Waals surface area (Å²) >= 11 is 0. The lowest BCUT2D eigenvalue weighted by atomic mass is 10.1. The van der Waals surface area contributed by atoms with Gasteiger partial charge in [0, 0.05) is 32.4 Å². The molecule has 1 aliphatic rings. The number of hydrogen-bond donors (Lipinski definition) is 2. The Hall–Kier alpha value is -2.92. The number of piperidine rings is 1. The van der Waals surface area contributed by atoms with Gasteiger partial charge in [-0.15, -0.1) is 0 Å². The number of nitrogens with zero attached hydrogens (tertiary/aromatic N) is 6. The van der Waals surface area contributed by atoms with E-state index in [0.717, 1.165) is 5.06 Å². The molecule has 4 heterocycles. The van der Waals surface area contributed by atoms with Gasteiger partial charge in [0.2, 0.25) is 0 Å². The number of pyridine rings is 1. The van der Waals surface area contributed by atoms with Crippen molar-refractivity contribution in [1.29, 1.82) is 0 Å². The first-order valence-electron chi connectivity index (χ1n) is 9.60. The largest absolute Gasteiger partial charge is 0.365 e. The number of fused-ring (bicyclic) bond motifs is 1. The van der Waals surface area contributed by atoms with Gasteiger partial charge in [0.1, 0.15) is 22.8 Å². The first kappa shape index (κ1) is 20.4. The normalized spacial score (nSPS) is 15.8. The maximum atomic E-state index is 13.7. The summed E-state index contributed by atoms with van der Waals surface area (Å²) in [4.78, 5) is 14.8. The maximum Gasteiger partial charge on any atom is 0.251 e. The van der Waals surface area contributed by atoms with Gasteiger partial charge in [-0.05, 0) is 25.0 Å². The van der Waals surface area contributed by atoms with E-state index < -0.39 is 12.2 Å². The Labute approximate surface area is 170 Å². The third-order valence-corrected chi connectivity index (χ3v) is 5.14. The van der Waals surface area contributed by atoms with E-state index in [2.05, 4.69) is 20.3 Å². The van der Waals surface area contributed by atoms with Gasteiger partial charge < -0.3 is 5.32 Å². The summed E-state index contributed by atoms with van der Waals surface area (Å²) in [5, 5.41) is 14.2. The van der Waals surface area contributed by atoms with Crippen molar-refractivity contribution in [3.05, 3.63) is 36.5 Å². The van der Waals surface area contributed by atoms with Crippen molar-refractivity contribution < 1.29 is 18.4 Å². The zero-order chi connectivity index (χ0) is 21.3. The molecular formula is C19H22F3N7O. The predicted molar refractivity (Wildman–Crippen MR) is 105 cm³/mol. The molecule has 1 aliphatic heterocycles. The number of anilines is 2. The van der Waals surface area contributed by atoms with Crippen molar-refractivity contribution >= 4 is 17.2 Å². The second-order valence-corrected chi connectivity index (χ2v) is 7.28. The molecule has 8 nitrogen and oxygen atoms in total. The number of halogens is 3. The standard InChI is InChI=1S/C19H22F3N7O/c1-27(30)14-8-24-18(15-9-23-17-3-2-12(20)10-29(15)17)26-19(14)25-13-4-6-28(7-5-13)11-16(21)22/h2-3,8-10,13,16,30H,4-7,11H2,1H3,(H,24,25,26). The third kappa shape index (κ3) is 4.31. The lowest BCUT2D eigenvalue weighted by molar-refractivity contribution is 0.0769. The van der Waals surface area contributed by atoms with Crippen LogP contribution in [-0.2, 0) is 0 Å². The van der Waals surface area contributed by atoms with Crippen molar-refractivity contribution in [2.75, 3.05) is 37.1 Å². The maximum absolute atomic E-state index is 13.7. The average Bonchev–Trinajstić information content (AvgIpc) is 3.12. The number of imidazole rings is 1. The molecule has 30 heavy (non-hydrogen) atoms. The van der Waals surface area contributed by atoms with Gasteiger partial charge in [0.25, 0.3) is 6.43 Å². The van der Waals surface area contributed by atoms with Crippen LogP contribution < -0.4 is 10.4 Å². The SMILES string of the molecule is CN(O)c1cnc(-c2cnc3ccc(F)cn23)nc1NC1CCN(CC(F)F)CC1. The van der Waals surface area contributed by atoms with Crippen LogP contribution in [-0.4, -0.2) is 68.6 Å². The molecule has 1 saturated heterocycles. The molecule has 2 N–H and O–H groups in total. The molecule has 0 saturated carbocycles. The number of hydrogen-bond acceptors (Lipinski definition) is 7. The summed E-state index contributed by atoms with van der Waals surface area (Å²) in [7, 11) is 1.46. The van der Waals surface area contributed by atoms with Crippen LogP contribution in [0.25, 0.3) is 17.2 Å². The Balaban J connectivity index is 1.59. The third-order valence-electron chi connectivity index (χ3n) is 5.14. The van der Waals surface area contributed by atoms with Crippen molar-refractivity contribution in [3.63, 3.8) is 0 Å². The van der Waals surface area contributed by atoms with Crippen molar-refractivity contribution in [1.82, 2.24) is 24.3 Å². The van der Waals surface area contributed by atoms with E-state index in [4.69, 9.17) is 0 Å². The quantitative estimate of drug-likeness (QED) is 0.593. The monoisotopic (exact) mass is 421 g/mol. The molecule has 11 heteroatoms. The van der Waals surface area contributed by atoms with Gasteiger partial charge >= 0.3 is 0 Å². The highest BCUT2D eigenvalue weighted by atomic mass is 19.3. The lowest BCUT2D eigenvalue weighted by Crippen LogP contribution is -2.41. The smallest absolute Gasteiger partial charge is 0.251 e. The number of aromatic nitrogens is 4. The zero-order valence-electron chi connectivity index (χ0n) is 16.3. The molecule has 0 atom stereocenters. The zero-order valence-corrected chi connectivity index (χ0v) is 16.3. The van der Waals surface area contributed by atoms with E-state index in [1.807, 2.05) is 0 Å². The molecule has 0 spiro atoms. The van der Waals surface area contributed by atoms with Gasteiger partial charge in [-0.25, -0.2) is 28.1 Å². The predicted octanol–water partition coefficient (Wildman–Crippen LogP) is 2.90. The Morgan fingerprint density at radius 1 is 1.23 bits per heavy atom. The van der Waals surface area contributed by atoms with E-state index >= 15 is 0 Å². The second-order valence-electron chi connectivity index (χ2n) is 7.28. The minimum atomic E-state index is -2.34. The molecule has 0 bridgehead atoms. The lowest BCUT2D eigenvalue weighted by Gasteiger charge is -2.32. The molecule has 0 amide bonds. The molecule has 1 fully saturated rings. The van der Waals surface area contributed by atoms with Crippen LogP contribution in [0.15, 0.2) is 30.7 Å². The summed E-state index contributed by atoms with van der Waals surface area (Å²) in [5.74, 6) is 0.308. The van der Waals surface area contributed by atoms with Crippen molar-refractivity contribution in [2.24, 2.45) is 0 Å². The first-order valence-corrected chi connectivity index (χ1v) is 9.60. The van der Waals surface area contributed by atoms with Crippen LogP contribution >= 0.6 is 0 Å². The van der Waals surface area contributed by atoms with Gasteiger partial charge in [-0.1, -0.05) is 0 Å². The van der Waals surface area contributed by atoms with E-state index in [1.165, 1.54) is 25.5 Å². The Morgan fingerprint density at radius 2 is 2.00 bits per heavy atom. The molecule has 3 aromatic heterocycles. The highest BCUT2D eigenvalue weighted by Crippen LogP contribution is 2.27. The summed E-state index contributed by atoms with van der Waals surface area (Å²) in [6.07, 6.45) is 3.32. The highest BCUT2D eigenvalue weighted by Gasteiger charge is 2.23. The Morgan fingerprint density at radius 3 is 2.70 bits per heavy atom. The molecule has 0 unspecified atom stereocenters. The van der Waals surface area contributed by atoms with Crippen LogP contribution in [0, 0.1) is 5.82 Å². The van der Waals surface area contributed by atoms with Gasteiger partial charge in [-0.3, -0.25) is 19.6 Å². The first-order chi connectivity index (χ1) is 14.4.